The van der Waals surface area contributed by atoms with Gasteiger partial charge in [-0.25, -0.2) is 0 Å². The molecule has 88 valence electrons. The molecular weight excluding hydrogens is 206 g/mol. The van der Waals surface area contributed by atoms with E-state index in [1.807, 2.05) is 13.8 Å². The molecule has 1 aromatic rings. The Balaban J connectivity index is 2.14. The van der Waals surface area contributed by atoms with Crippen LogP contribution in [0.5, 0.6) is 0 Å². The van der Waals surface area contributed by atoms with Crippen LogP contribution in [-0.4, -0.2) is 32.7 Å². The Kier molecular flexibility index (Phi) is 2.96. The van der Waals surface area contributed by atoms with Gasteiger partial charge in [-0.15, -0.1) is 0 Å². The number of fused-ring (bicyclic) bond motifs is 1. The monoisotopic (exact) mass is 223 g/mol. The first-order chi connectivity index (χ1) is 7.63. The van der Waals surface area contributed by atoms with Crippen molar-refractivity contribution in [2.75, 3.05) is 6.61 Å². The number of aromatic nitrogens is 2. The van der Waals surface area contributed by atoms with Crippen LogP contribution in [0.15, 0.2) is 6.20 Å². The summed E-state index contributed by atoms with van der Waals surface area (Å²) < 4.78 is 0. The van der Waals surface area contributed by atoms with Crippen LogP contribution >= 0.6 is 0 Å². The van der Waals surface area contributed by atoms with Gasteiger partial charge in [-0.2, -0.15) is 5.10 Å². The number of hydrogen-bond donors (Lipinski definition) is 2. The third-order valence-corrected chi connectivity index (χ3v) is 2.89. The summed E-state index contributed by atoms with van der Waals surface area (Å²) in [5.41, 5.74) is 1.88. The predicted octanol–water partition coefficient (Wildman–Crippen LogP) is 0.831. The molecular formula is C11H17N3O2. The molecule has 0 fully saturated rings. The second-order valence-corrected chi connectivity index (χ2v) is 4.62. The number of rotatable bonds is 3. The summed E-state index contributed by atoms with van der Waals surface area (Å²) in [6.45, 7) is 4.52. The van der Waals surface area contributed by atoms with Gasteiger partial charge in [0.25, 0.3) is 0 Å². The highest BCUT2D eigenvalue weighted by molar-refractivity contribution is 5.77. The Hall–Kier alpha value is -1.36. The number of aliphatic hydroxyl groups is 1. The van der Waals surface area contributed by atoms with Gasteiger partial charge in [0.2, 0.25) is 5.91 Å². The molecule has 1 aliphatic rings. The molecule has 0 bridgehead atoms. The molecule has 0 saturated heterocycles. The van der Waals surface area contributed by atoms with Crippen molar-refractivity contribution in [1.82, 2.24) is 15.1 Å². The van der Waals surface area contributed by atoms with Crippen LogP contribution in [0, 0.1) is 5.92 Å². The minimum Gasteiger partial charge on any atom is -0.394 e. The fourth-order valence-electron chi connectivity index (χ4n) is 2.11. The van der Waals surface area contributed by atoms with Gasteiger partial charge in [-0.3, -0.25) is 9.89 Å². The molecule has 1 aliphatic heterocycles. The summed E-state index contributed by atoms with van der Waals surface area (Å²) in [5, 5.41) is 16.1. The van der Waals surface area contributed by atoms with Crippen molar-refractivity contribution >= 4 is 5.91 Å². The highest BCUT2D eigenvalue weighted by Crippen LogP contribution is 2.32. The van der Waals surface area contributed by atoms with Crippen molar-refractivity contribution in [3.05, 3.63) is 17.5 Å². The van der Waals surface area contributed by atoms with E-state index in [2.05, 4.69) is 10.2 Å². The summed E-state index contributed by atoms with van der Waals surface area (Å²) in [7, 11) is 0. The van der Waals surface area contributed by atoms with Gasteiger partial charge in [0.15, 0.2) is 0 Å². The van der Waals surface area contributed by atoms with Crippen molar-refractivity contribution < 1.29 is 9.90 Å². The van der Waals surface area contributed by atoms with Crippen LogP contribution in [0.1, 0.15) is 37.6 Å². The van der Waals surface area contributed by atoms with Crippen molar-refractivity contribution in [3.63, 3.8) is 0 Å². The Morgan fingerprint density at radius 3 is 3.12 bits per heavy atom. The minimum absolute atomic E-state index is 0.0453. The van der Waals surface area contributed by atoms with Gasteiger partial charge in [-0.05, 0) is 5.92 Å². The molecule has 1 amide bonds. The van der Waals surface area contributed by atoms with Crippen LogP contribution in [0.3, 0.4) is 0 Å². The lowest BCUT2D eigenvalue weighted by Crippen LogP contribution is -2.32. The van der Waals surface area contributed by atoms with Crippen LogP contribution in [0.4, 0.5) is 0 Å². The minimum atomic E-state index is -0.222. The number of aliphatic hydroxyl groups excluding tert-OH is 1. The zero-order chi connectivity index (χ0) is 11.7. The SMILES string of the molecule is CC(C)CC(=O)N1Cc2[nH]ncc2C1CO. The Labute approximate surface area is 94.5 Å². The van der Waals surface area contributed by atoms with Crippen molar-refractivity contribution in [2.45, 2.75) is 32.9 Å². The van der Waals surface area contributed by atoms with Gasteiger partial charge < -0.3 is 10.0 Å². The number of amides is 1. The maximum Gasteiger partial charge on any atom is 0.223 e. The smallest absolute Gasteiger partial charge is 0.223 e. The number of nitrogens with zero attached hydrogens (tertiary/aromatic N) is 2. The molecule has 5 heteroatoms. The maximum atomic E-state index is 12.0. The normalized spacial score (nSPS) is 19.2. The van der Waals surface area contributed by atoms with Gasteiger partial charge in [0.05, 0.1) is 31.1 Å². The average molecular weight is 223 g/mol. The van der Waals surface area contributed by atoms with Gasteiger partial charge >= 0.3 is 0 Å². The molecule has 2 rings (SSSR count). The summed E-state index contributed by atoms with van der Waals surface area (Å²) in [6, 6.07) is -0.222. The number of aromatic amines is 1. The van der Waals surface area contributed by atoms with Gasteiger partial charge in [-0.1, -0.05) is 13.8 Å². The number of hydrogen-bond acceptors (Lipinski definition) is 3. The molecule has 2 N–H and O–H groups in total. The Morgan fingerprint density at radius 1 is 1.75 bits per heavy atom. The Bertz CT molecular complexity index is 386. The topological polar surface area (TPSA) is 69.2 Å². The quantitative estimate of drug-likeness (QED) is 0.797. The van der Waals surface area contributed by atoms with Gasteiger partial charge in [0, 0.05) is 12.0 Å². The molecule has 0 aliphatic carbocycles. The highest BCUT2D eigenvalue weighted by atomic mass is 16.3. The Morgan fingerprint density at radius 2 is 2.50 bits per heavy atom. The third kappa shape index (κ3) is 1.82. The molecule has 1 aromatic heterocycles. The zero-order valence-electron chi connectivity index (χ0n) is 9.60. The lowest BCUT2D eigenvalue weighted by atomic mass is 10.1. The molecule has 0 aromatic carbocycles. The van der Waals surface area contributed by atoms with Crippen molar-refractivity contribution in [1.29, 1.82) is 0 Å². The maximum absolute atomic E-state index is 12.0. The van der Waals surface area contributed by atoms with E-state index in [1.54, 1.807) is 11.1 Å². The van der Waals surface area contributed by atoms with E-state index in [0.29, 0.717) is 18.9 Å². The molecule has 0 saturated carbocycles. The molecule has 5 nitrogen and oxygen atoms in total. The van der Waals surface area contributed by atoms with Crippen LogP contribution < -0.4 is 0 Å². The molecule has 16 heavy (non-hydrogen) atoms. The number of carbonyl (C=O) groups is 1. The summed E-state index contributed by atoms with van der Waals surface area (Å²) in [4.78, 5) is 13.7. The van der Waals surface area contributed by atoms with E-state index in [9.17, 15) is 9.90 Å². The number of H-pyrrole nitrogens is 1. The van der Waals surface area contributed by atoms with Gasteiger partial charge in [0.1, 0.15) is 0 Å². The fraction of sp³-hybridized carbons (Fsp3) is 0.636. The second-order valence-electron chi connectivity index (χ2n) is 4.62. The molecule has 1 unspecified atom stereocenters. The lowest BCUT2D eigenvalue weighted by molar-refractivity contribution is -0.135. The molecule has 0 spiro atoms. The lowest BCUT2D eigenvalue weighted by Gasteiger charge is -2.24. The summed E-state index contributed by atoms with van der Waals surface area (Å²) in [5.74, 6) is 0.433. The standard InChI is InChI=1S/C11H17N3O2/c1-7(2)3-11(16)14-5-9-8(4-12-13-9)10(14)6-15/h4,7,10,15H,3,5-6H2,1-2H3,(H,12,13). The van der Waals surface area contributed by atoms with Crippen LogP contribution in [0.2, 0.25) is 0 Å². The number of carbonyl (C=O) groups excluding carboxylic acids is 1. The first-order valence-electron chi connectivity index (χ1n) is 5.56. The second kappa shape index (κ2) is 4.25. The highest BCUT2D eigenvalue weighted by Gasteiger charge is 2.34. The average Bonchev–Trinajstić information content (AvgIpc) is 2.74. The van der Waals surface area contributed by atoms with E-state index < -0.39 is 0 Å². The largest absolute Gasteiger partial charge is 0.394 e. The summed E-state index contributed by atoms with van der Waals surface area (Å²) >= 11 is 0. The van der Waals surface area contributed by atoms with E-state index >= 15 is 0 Å². The third-order valence-electron chi connectivity index (χ3n) is 2.89. The zero-order valence-corrected chi connectivity index (χ0v) is 9.60. The molecule has 2 heterocycles. The van der Waals surface area contributed by atoms with E-state index in [1.165, 1.54) is 0 Å². The number of nitrogens with one attached hydrogen (secondary N) is 1. The van der Waals surface area contributed by atoms with Crippen molar-refractivity contribution in [3.8, 4) is 0 Å². The van der Waals surface area contributed by atoms with Crippen LogP contribution in [0.25, 0.3) is 0 Å². The fourth-order valence-corrected chi connectivity index (χ4v) is 2.11. The van der Waals surface area contributed by atoms with E-state index in [0.717, 1.165) is 11.3 Å². The molecule has 1 atom stereocenters. The van der Waals surface area contributed by atoms with Crippen LogP contribution in [-0.2, 0) is 11.3 Å². The first kappa shape index (κ1) is 11.1. The van der Waals surface area contributed by atoms with E-state index in [4.69, 9.17) is 0 Å². The first-order valence-corrected chi connectivity index (χ1v) is 5.56. The summed E-state index contributed by atoms with van der Waals surface area (Å²) in [6.07, 6.45) is 2.22. The molecule has 0 radical (unpaired) electrons. The van der Waals surface area contributed by atoms with Crippen molar-refractivity contribution in [2.24, 2.45) is 5.92 Å². The predicted molar refractivity (Wildman–Crippen MR) is 58.4 cm³/mol. The van der Waals surface area contributed by atoms with E-state index in [-0.39, 0.29) is 18.6 Å².